The van der Waals surface area contributed by atoms with Gasteiger partial charge in [-0.05, 0) is 49.4 Å². The van der Waals surface area contributed by atoms with Crippen molar-refractivity contribution in [3.8, 4) is 5.75 Å². The molecule has 0 bridgehead atoms. The maximum atomic E-state index is 15.0. The van der Waals surface area contributed by atoms with Crippen LogP contribution in [0.5, 0.6) is 5.75 Å². The minimum absolute atomic E-state index is 0.0645. The Labute approximate surface area is 194 Å². The molecule has 34 heavy (non-hydrogen) atoms. The number of hydrogen-bond acceptors (Lipinski definition) is 5. The van der Waals surface area contributed by atoms with Crippen LogP contribution >= 0.6 is 0 Å². The van der Waals surface area contributed by atoms with Crippen molar-refractivity contribution < 1.29 is 23.8 Å². The van der Waals surface area contributed by atoms with Gasteiger partial charge >= 0.3 is 5.91 Å². The van der Waals surface area contributed by atoms with Gasteiger partial charge in [-0.15, -0.1) is 0 Å². The standard InChI is InChI=1S/C26H20FN3O4/c1-2-34-16-13-11-15(12-14-16)23(31)21-22(17-7-3-4-8-18(17)27)30(25(33)24(21)32)26-28-19-9-5-6-10-20(19)29-26/h3-14,22,31H,2H2,1H3,(H,28,29)/b23-21+. The summed E-state index contributed by atoms with van der Waals surface area (Å²) in [6.45, 7) is 2.32. The Morgan fingerprint density at radius 3 is 2.47 bits per heavy atom. The van der Waals surface area contributed by atoms with Gasteiger partial charge in [-0.1, -0.05) is 30.3 Å². The molecular weight excluding hydrogens is 437 g/mol. The topological polar surface area (TPSA) is 95.5 Å². The number of para-hydroxylation sites is 2. The molecule has 170 valence electrons. The molecule has 1 aliphatic rings. The molecule has 2 heterocycles. The van der Waals surface area contributed by atoms with Gasteiger partial charge in [0.25, 0.3) is 5.78 Å². The van der Waals surface area contributed by atoms with E-state index in [1.165, 1.54) is 18.2 Å². The van der Waals surface area contributed by atoms with Gasteiger partial charge in [0.15, 0.2) is 0 Å². The number of aliphatic hydroxyl groups is 1. The zero-order valence-corrected chi connectivity index (χ0v) is 18.2. The zero-order valence-electron chi connectivity index (χ0n) is 18.2. The molecule has 1 fully saturated rings. The largest absolute Gasteiger partial charge is 0.507 e. The number of imidazole rings is 1. The van der Waals surface area contributed by atoms with Crippen molar-refractivity contribution in [2.24, 2.45) is 0 Å². The number of H-pyrrole nitrogens is 1. The predicted molar refractivity (Wildman–Crippen MR) is 125 cm³/mol. The van der Waals surface area contributed by atoms with Crippen molar-refractivity contribution in [1.29, 1.82) is 0 Å². The van der Waals surface area contributed by atoms with Crippen molar-refractivity contribution >= 4 is 34.4 Å². The van der Waals surface area contributed by atoms with Crippen molar-refractivity contribution in [1.82, 2.24) is 9.97 Å². The van der Waals surface area contributed by atoms with Gasteiger partial charge in [-0.25, -0.2) is 9.37 Å². The Morgan fingerprint density at radius 1 is 1.06 bits per heavy atom. The number of aromatic nitrogens is 2. The van der Waals surface area contributed by atoms with E-state index in [1.807, 2.05) is 6.92 Å². The highest BCUT2D eigenvalue weighted by molar-refractivity contribution is 6.51. The maximum absolute atomic E-state index is 15.0. The number of hydrogen-bond donors (Lipinski definition) is 2. The van der Waals surface area contributed by atoms with E-state index in [1.54, 1.807) is 54.6 Å². The van der Waals surface area contributed by atoms with Crippen LogP contribution in [0.4, 0.5) is 10.3 Å². The number of carbonyl (C=O) groups excluding carboxylic acids is 2. The number of carbonyl (C=O) groups is 2. The maximum Gasteiger partial charge on any atom is 0.302 e. The van der Waals surface area contributed by atoms with Crippen molar-refractivity contribution in [2.45, 2.75) is 13.0 Å². The summed E-state index contributed by atoms with van der Waals surface area (Å²) in [7, 11) is 0. The van der Waals surface area contributed by atoms with Crippen molar-refractivity contribution in [2.75, 3.05) is 11.5 Å². The zero-order chi connectivity index (χ0) is 23.8. The number of amides is 1. The van der Waals surface area contributed by atoms with Crippen molar-refractivity contribution in [3.63, 3.8) is 0 Å². The summed E-state index contributed by atoms with van der Waals surface area (Å²) >= 11 is 0. The first-order valence-corrected chi connectivity index (χ1v) is 10.7. The SMILES string of the molecule is CCOc1ccc(/C(O)=C2\C(=O)C(=O)N(c3nc4ccccc4[nH]3)C2c2ccccc2F)cc1. The molecule has 1 aromatic heterocycles. The average Bonchev–Trinajstić information content (AvgIpc) is 3.38. The van der Waals surface area contributed by atoms with Crippen LogP contribution in [0.25, 0.3) is 16.8 Å². The van der Waals surface area contributed by atoms with Gasteiger partial charge in [0, 0.05) is 11.1 Å². The molecule has 1 aliphatic heterocycles. The van der Waals surface area contributed by atoms with Crippen LogP contribution in [-0.4, -0.2) is 33.4 Å². The molecule has 0 saturated carbocycles. The monoisotopic (exact) mass is 457 g/mol. The fourth-order valence-corrected chi connectivity index (χ4v) is 4.13. The molecule has 0 spiro atoms. The molecular formula is C26H20FN3O4. The third-order valence-corrected chi connectivity index (χ3v) is 5.69. The number of ketones is 1. The number of benzene rings is 3. The smallest absolute Gasteiger partial charge is 0.302 e. The first-order chi connectivity index (χ1) is 16.5. The van der Waals surface area contributed by atoms with Crippen LogP contribution in [0, 0.1) is 5.82 Å². The normalized spacial score (nSPS) is 17.5. The molecule has 1 atom stereocenters. The van der Waals surface area contributed by atoms with E-state index in [4.69, 9.17) is 4.74 Å². The average molecular weight is 457 g/mol. The number of halogens is 1. The number of ether oxygens (including phenoxy) is 1. The summed E-state index contributed by atoms with van der Waals surface area (Å²) in [5.41, 5.74) is 1.37. The minimum atomic E-state index is -1.21. The first-order valence-electron chi connectivity index (χ1n) is 10.7. The van der Waals surface area contributed by atoms with Gasteiger partial charge in [-0.2, -0.15) is 0 Å². The highest BCUT2D eigenvalue weighted by Gasteiger charge is 2.49. The Morgan fingerprint density at radius 2 is 1.76 bits per heavy atom. The van der Waals surface area contributed by atoms with E-state index >= 15 is 0 Å². The number of nitrogens with one attached hydrogen (secondary N) is 1. The van der Waals surface area contributed by atoms with Gasteiger partial charge < -0.3 is 14.8 Å². The molecule has 1 saturated heterocycles. The minimum Gasteiger partial charge on any atom is -0.507 e. The van der Waals surface area contributed by atoms with Crippen LogP contribution in [-0.2, 0) is 9.59 Å². The number of anilines is 1. The highest BCUT2D eigenvalue weighted by atomic mass is 19.1. The summed E-state index contributed by atoms with van der Waals surface area (Å²) in [6, 6.07) is 18.2. The number of aliphatic hydroxyl groups excluding tert-OH is 1. The third-order valence-electron chi connectivity index (χ3n) is 5.69. The molecule has 1 amide bonds. The summed E-state index contributed by atoms with van der Waals surface area (Å²) < 4.78 is 20.4. The number of Topliss-reactive ketones (excluding diaryl/α,β-unsaturated/α-hetero) is 1. The molecule has 5 rings (SSSR count). The van der Waals surface area contributed by atoms with E-state index < -0.39 is 29.3 Å². The lowest BCUT2D eigenvalue weighted by Crippen LogP contribution is -2.30. The summed E-state index contributed by atoms with van der Waals surface area (Å²) in [6.07, 6.45) is 0. The fourth-order valence-electron chi connectivity index (χ4n) is 4.13. The molecule has 1 unspecified atom stereocenters. The third kappa shape index (κ3) is 3.49. The van der Waals surface area contributed by atoms with E-state index in [0.717, 1.165) is 4.90 Å². The van der Waals surface area contributed by atoms with Crippen LogP contribution in [0.3, 0.4) is 0 Å². The Bertz CT molecular complexity index is 1410. The quantitative estimate of drug-likeness (QED) is 0.257. The lowest BCUT2D eigenvalue weighted by molar-refractivity contribution is -0.132. The molecule has 4 aromatic rings. The Hall–Kier alpha value is -4.46. The molecule has 0 radical (unpaired) electrons. The van der Waals surface area contributed by atoms with E-state index in [-0.39, 0.29) is 17.1 Å². The Balaban J connectivity index is 1.70. The predicted octanol–water partition coefficient (Wildman–Crippen LogP) is 4.73. The van der Waals surface area contributed by atoms with Crippen molar-refractivity contribution in [3.05, 3.63) is 95.3 Å². The summed E-state index contributed by atoms with van der Waals surface area (Å²) in [5, 5.41) is 11.1. The van der Waals surface area contributed by atoms with Gasteiger partial charge in [0.2, 0.25) is 5.95 Å². The molecule has 8 heteroatoms. The Kier molecular flexibility index (Phi) is 5.33. The summed E-state index contributed by atoms with van der Waals surface area (Å²) in [4.78, 5) is 34.9. The second kappa shape index (κ2) is 8.47. The van der Waals surface area contributed by atoms with E-state index in [2.05, 4.69) is 9.97 Å². The summed E-state index contributed by atoms with van der Waals surface area (Å²) in [5.74, 6) is -2.20. The van der Waals surface area contributed by atoms with Crippen LogP contribution in [0.2, 0.25) is 0 Å². The highest BCUT2D eigenvalue weighted by Crippen LogP contribution is 2.42. The molecule has 2 N–H and O–H groups in total. The number of rotatable bonds is 5. The number of aromatic amines is 1. The number of fused-ring (bicyclic) bond motifs is 1. The van der Waals surface area contributed by atoms with E-state index in [0.29, 0.717) is 29.0 Å². The van der Waals surface area contributed by atoms with Crippen LogP contribution < -0.4 is 9.64 Å². The second-order valence-corrected chi connectivity index (χ2v) is 7.73. The van der Waals surface area contributed by atoms with Gasteiger partial charge in [-0.3, -0.25) is 14.5 Å². The van der Waals surface area contributed by atoms with Crippen LogP contribution in [0.15, 0.2) is 78.4 Å². The lowest BCUT2D eigenvalue weighted by atomic mass is 9.95. The second-order valence-electron chi connectivity index (χ2n) is 7.73. The van der Waals surface area contributed by atoms with Gasteiger partial charge in [0.05, 0.1) is 23.2 Å². The van der Waals surface area contributed by atoms with Crippen LogP contribution in [0.1, 0.15) is 24.1 Å². The lowest BCUT2D eigenvalue weighted by Gasteiger charge is -2.23. The number of nitrogens with zero attached hydrogens (tertiary/aromatic N) is 2. The van der Waals surface area contributed by atoms with Gasteiger partial charge in [0.1, 0.15) is 23.4 Å². The molecule has 3 aromatic carbocycles. The molecule has 7 nitrogen and oxygen atoms in total. The molecule has 0 aliphatic carbocycles. The van der Waals surface area contributed by atoms with E-state index in [9.17, 15) is 19.1 Å². The first kappa shape index (κ1) is 21.4. The fraction of sp³-hybridized carbons (Fsp3) is 0.115.